The van der Waals surface area contributed by atoms with Crippen LogP contribution in [0.25, 0.3) is 10.7 Å². The second-order valence-electron chi connectivity index (χ2n) is 4.69. The highest BCUT2D eigenvalue weighted by Crippen LogP contribution is 2.23. The first kappa shape index (κ1) is 13.0. The fourth-order valence-electron chi connectivity index (χ4n) is 1.79. The summed E-state index contributed by atoms with van der Waals surface area (Å²) in [6, 6.07) is 4.48. The zero-order valence-corrected chi connectivity index (χ0v) is 12.0. The maximum Gasteiger partial charge on any atom is 0.166 e. The van der Waals surface area contributed by atoms with Crippen LogP contribution in [-0.2, 0) is 6.42 Å². The van der Waals surface area contributed by atoms with Gasteiger partial charge in [0.25, 0.3) is 0 Å². The summed E-state index contributed by atoms with van der Waals surface area (Å²) in [4.78, 5) is 4.25. The van der Waals surface area contributed by atoms with Crippen molar-refractivity contribution in [2.24, 2.45) is 0 Å². The zero-order valence-electron chi connectivity index (χ0n) is 10.5. The van der Waals surface area contributed by atoms with Gasteiger partial charge in [-0.2, -0.15) is 0 Å². The summed E-state index contributed by atoms with van der Waals surface area (Å²) < 4.78 is 0. The van der Waals surface area contributed by atoms with Crippen LogP contribution >= 0.6 is 22.9 Å². The normalized spacial score (nSPS) is 14.8. The van der Waals surface area contributed by atoms with E-state index in [1.807, 2.05) is 12.1 Å². The minimum atomic E-state index is 0.639. The highest BCUT2D eigenvalue weighted by atomic mass is 35.5. The van der Waals surface area contributed by atoms with Crippen LogP contribution in [0.5, 0.6) is 0 Å². The lowest BCUT2D eigenvalue weighted by Crippen LogP contribution is -2.17. The third-order valence-electron chi connectivity index (χ3n) is 2.99. The Kier molecular flexibility index (Phi) is 4.06. The van der Waals surface area contributed by atoms with Crippen LogP contribution in [0, 0.1) is 0 Å². The average Bonchev–Trinajstić information content (AvgIpc) is 3.13. The van der Waals surface area contributed by atoms with Crippen molar-refractivity contribution in [2.45, 2.75) is 31.7 Å². The molecule has 1 saturated carbocycles. The van der Waals surface area contributed by atoms with Crippen LogP contribution in [0.4, 0.5) is 0 Å². The molecule has 2 heterocycles. The predicted molar refractivity (Wildman–Crippen MR) is 77.5 cm³/mol. The van der Waals surface area contributed by atoms with E-state index in [0.717, 1.165) is 41.1 Å². The summed E-state index contributed by atoms with van der Waals surface area (Å²) >= 11 is 7.43. The van der Waals surface area contributed by atoms with Crippen molar-refractivity contribution in [1.29, 1.82) is 0 Å². The lowest BCUT2D eigenvalue weighted by atomic mass is 10.3. The van der Waals surface area contributed by atoms with E-state index in [-0.39, 0.29) is 0 Å². The molecule has 0 radical (unpaired) electrons. The van der Waals surface area contributed by atoms with Gasteiger partial charge in [0.15, 0.2) is 5.01 Å². The molecule has 0 aromatic carbocycles. The second kappa shape index (κ2) is 5.94. The molecule has 0 saturated heterocycles. The molecule has 0 spiro atoms. The Morgan fingerprint density at radius 2 is 2.21 bits per heavy atom. The Bertz CT molecular complexity index is 536. The fourth-order valence-corrected chi connectivity index (χ4v) is 2.76. The molecule has 6 heteroatoms. The number of hydrogen-bond donors (Lipinski definition) is 1. The van der Waals surface area contributed by atoms with Crippen molar-refractivity contribution in [3.05, 3.63) is 28.4 Å². The summed E-state index contributed by atoms with van der Waals surface area (Å²) in [6.45, 7) is 1.07. The third-order valence-corrected chi connectivity index (χ3v) is 4.22. The minimum absolute atomic E-state index is 0.639. The molecule has 1 aliphatic rings. The van der Waals surface area contributed by atoms with Crippen molar-refractivity contribution in [3.63, 3.8) is 0 Å². The van der Waals surface area contributed by atoms with E-state index in [4.69, 9.17) is 11.6 Å². The summed E-state index contributed by atoms with van der Waals surface area (Å²) in [7, 11) is 0. The van der Waals surface area contributed by atoms with E-state index in [9.17, 15) is 0 Å². The van der Waals surface area contributed by atoms with E-state index >= 15 is 0 Å². The maximum absolute atomic E-state index is 5.82. The van der Waals surface area contributed by atoms with Crippen molar-refractivity contribution < 1.29 is 0 Å². The van der Waals surface area contributed by atoms with E-state index in [2.05, 4.69) is 20.5 Å². The number of rotatable bonds is 6. The van der Waals surface area contributed by atoms with Gasteiger partial charge in [-0.3, -0.25) is 4.98 Å². The largest absolute Gasteiger partial charge is 0.314 e. The Balaban J connectivity index is 1.54. The van der Waals surface area contributed by atoms with Crippen molar-refractivity contribution in [1.82, 2.24) is 20.5 Å². The first-order valence-electron chi connectivity index (χ1n) is 6.49. The zero-order chi connectivity index (χ0) is 13.1. The number of aromatic nitrogens is 3. The van der Waals surface area contributed by atoms with Gasteiger partial charge in [-0.1, -0.05) is 22.9 Å². The Morgan fingerprint density at radius 1 is 1.32 bits per heavy atom. The molecule has 0 unspecified atom stereocenters. The number of halogens is 1. The molecular weight excluding hydrogens is 280 g/mol. The summed E-state index contributed by atoms with van der Waals surface area (Å²) in [6.07, 6.45) is 6.40. The first-order chi connectivity index (χ1) is 9.31. The molecule has 1 N–H and O–H groups in total. The van der Waals surface area contributed by atoms with Gasteiger partial charge < -0.3 is 5.32 Å². The molecule has 3 rings (SSSR count). The standard InChI is InChI=1S/C13H15ClN4S/c14-9-3-6-11(16-8-9)13-18-17-12(19-13)2-1-7-15-10-4-5-10/h3,6,8,10,15H,1-2,4-5,7H2. The molecule has 0 atom stereocenters. The molecule has 1 aliphatic carbocycles. The third kappa shape index (κ3) is 3.72. The van der Waals surface area contributed by atoms with Crippen LogP contribution < -0.4 is 5.32 Å². The monoisotopic (exact) mass is 294 g/mol. The number of nitrogens with zero attached hydrogens (tertiary/aromatic N) is 3. The van der Waals surface area contributed by atoms with Crippen LogP contribution in [0.2, 0.25) is 5.02 Å². The van der Waals surface area contributed by atoms with Crippen molar-refractivity contribution in [3.8, 4) is 10.7 Å². The summed E-state index contributed by atoms with van der Waals surface area (Å²) in [5.41, 5.74) is 0.837. The van der Waals surface area contributed by atoms with Gasteiger partial charge >= 0.3 is 0 Å². The number of nitrogens with one attached hydrogen (secondary N) is 1. The number of hydrogen-bond acceptors (Lipinski definition) is 5. The van der Waals surface area contributed by atoms with E-state index < -0.39 is 0 Å². The minimum Gasteiger partial charge on any atom is -0.314 e. The predicted octanol–water partition coefficient (Wildman–Crippen LogP) is 2.94. The number of aryl methyl sites for hydroxylation is 1. The second-order valence-corrected chi connectivity index (χ2v) is 6.19. The smallest absolute Gasteiger partial charge is 0.166 e. The first-order valence-corrected chi connectivity index (χ1v) is 7.68. The van der Waals surface area contributed by atoms with Gasteiger partial charge in [-0.15, -0.1) is 10.2 Å². The van der Waals surface area contributed by atoms with Gasteiger partial charge in [0.1, 0.15) is 10.7 Å². The SMILES string of the molecule is Clc1ccc(-c2nnc(CCCNC3CC3)s2)nc1. The topological polar surface area (TPSA) is 50.7 Å². The molecule has 2 aromatic heterocycles. The fraction of sp³-hybridized carbons (Fsp3) is 0.462. The van der Waals surface area contributed by atoms with Gasteiger partial charge in [0, 0.05) is 18.7 Å². The van der Waals surface area contributed by atoms with Crippen LogP contribution in [0.15, 0.2) is 18.3 Å². The lowest BCUT2D eigenvalue weighted by molar-refractivity contribution is 0.643. The van der Waals surface area contributed by atoms with Crippen LogP contribution in [0.3, 0.4) is 0 Å². The molecule has 0 amide bonds. The molecule has 2 aromatic rings. The molecule has 19 heavy (non-hydrogen) atoms. The van der Waals surface area contributed by atoms with Crippen molar-refractivity contribution >= 4 is 22.9 Å². The van der Waals surface area contributed by atoms with Gasteiger partial charge in [-0.05, 0) is 37.9 Å². The average molecular weight is 295 g/mol. The Labute approximate surface area is 121 Å². The highest BCUT2D eigenvalue weighted by molar-refractivity contribution is 7.14. The number of pyridine rings is 1. The lowest BCUT2D eigenvalue weighted by Gasteiger charge is -1.99. The van der Waals surface area contributed by atoms with Gasteiger partial charge in [0.2, 0.25) is 0 Å². The highest BCUT2D eigenvalue weighted by Gasteiger charge is 2.19. The van der Waals surface area contributed by atoms with Crippen molar-refractivity contribution in [2.75, 3.05) is 6.54 Å². The molecular formula is C13H15ClN4S. The summed E-state index contributed by atoms with van der Waals surface area (Å²) in [5.74, 6) is 0. The molecule has 100 valence electrons. The van der Waals surface area contributed by atoms with Crippen LogP contribution in [-0.4, -0.2) is 27.8 Å². The van der Waals surface area contributed by atoms with Gasteiger partial charge in [0.05, 0.1) is 5.02 Å². The molecule has 1 fully saturated rings. The Morgan fingerprint density at radius 3 is 2.95 bits per heavy atom. The van der Waals surface area contributed by atoms with E-state index in [1.165, 1.54) is 12.8 Å². The van der Waals surface area contributed by atoms with Crippen LogP contribution in [0.1, 0.15) is 24.3 Å². The van der Waals surface area contributed by atoms with E-state index in [1.54, 1.807) is 17.5 Å². The summed E-state index contributed by atoms with van der Waals surface area (Å²) in [5, 5.41) is 14.5. The Hall–Kier alpha value is -1.04. The van der Waals surface area contributed by atoms with Gasteiger partial charge in [-0.25, -0.2) is 0 Å². The maximum atomic E-state index is 5.82. The molecule has 0 bridgehead atoms. The van der Waals surface area contributed by atoms with E-state index in [0.29, 0.717) is 5.02 Å². The molecule has 4 nitrogen and oxygen atoms in total. The quantitative estimate of drug-likeness (QED) is 0.832. The molecule has 0 aliphatic heterocycles.